The number of nitrogens with one attached hydrogen (secondary N) is 2. The molecule has 0 spiro atoms. The summed E-state index contributed by atoms with van der Waals surface area (Å²) in [6.45, 7) is 3.11. The van der Waals surface area contributed by atoms with Gasteiger partial charge in [-0.2, -0.15) is 0 Å². The molecular formula is C19H23N3O6S. The first kappa shape index (κ1) is 21.0. The number of hydrogen-bond acceptors (Lipinski definition) is 8. The Labute approximate surface area is 170 Å². The summed E-state index contributed by atoms with van der Waals surface area (Å²) < 4.78 is 10.0. The SMILES string of the molecule is COC(=O)c1sc2nc(C)[nH]c(=O)c2c1CC(=O)O[C@H](C)C(=O)NC1CCCC1. The first-order valence-electron chi connectivity index (χ1n) is 9.40. The van der Waals surface area contributed by atoms with Gasteiger partial charge in [0.25, 0.3) is 11.5 Å². The molecule has 1 aliphatic rings. The molecule has 3 rings (SSSR count). The average molecular weight is 421 g/mol. The molecule has 1 amide bonds. The zero-order chi connectivity index (χ0) is 21.1. The molecule has 2 aromatic rings. The van der Waals surface area contributed by atoms with Gasteiger partial charge in [-0.1, -0.05) is 12.8 Å². The lowest BCUT2D eigenvalue weighted by Gasteiger charge is -2.17. The van der Waals surface area contributed by atoms with Crippen LogP contribution in [0.3, 0.4) is 0 Å². The molecule has 0 aliphatic heterocycles. The number of carbonyl (C=O) groups excluding carboxylic acids is 3. The van der Waals surface area contributed by atoms with Crippen molar-refractivity contribution in [3.05, 3.63) is 26.6 Å². The first-order chi connectivity index (χ1) is 13.8. The molecule has 0 saturated heterocycles. The third kappa shape index (κ3) is 4.64. The number of nitrogens with zero attached hydrogens (tertiary/aromatic N) is 1. The number of ether oxygens (including phenoxy) is 2. The fourth-order valence-corrected chi connectivity index (χ4v) is 4.58. The fraction of sp³-hybridized carbons (Fsp3) is 0.526. The van der Waals surface area contributed by atoms with E-state index in [1.54, 1.807) is 6.92 Å². The number of aromatic amines is 1. The second kappa shape index (κ2) is 8.73. The Balaban J connectivity index is 1.79. The number of thiophene rings is 1. The second-order valence-electron chi connectivity index (χ2n) is 7.03. The highest BCUT2D eigenvalue weighted by Gasteiger charge is 2.27. The number of rotatable bonds is 6. The van der Waals surface area contributed by atoms with E-state index in [4.69, 9.17) is 9.47 Å². The number of H-pyrrole nitrogens is 1. The molecule has 1 fully saturated rings. The Hall–Kier alpha value is -2.75. The van der Waals surface area contributed by atoms with Crippen molar-refractivity contribution in [1.29, 1.82) is 0 Å². The molecule has 2 N–H and O–H groups in total. The largest absolute Gasteiger partial charge is 0.465 e. The first-order valence-corrected chi connectivity index (χ1v) is 10.2. The summed E-state index contributed by atoms with van der Waals surface area (Å²) in [5, 5.41) is 3.03. The van der Waals surface area contributed by atoms with Gasteiger partial charge in [-0.15, -0.1) is 11.3 Å². The highest BCUT2D eigenvalue weighted by molar-refractivity contribution is 7.20. The van der Waals surface area contributed by atoms with E-state index in [1.165, 1.54) is 14.0 Å². The summed E-state index contributed by atoms with van der Waals surface area (Å²) in [5.74, 6) is -1.35. The van der Waals surface area contributed by atoms with E-state index in [-0.39, 0.29) is 34.2 Å². The van der Waals surface area contributed by atoms with Crippen LogP contribution in [0.25, 0.3) is 10.2 Å². The van der Waals surface area contributed by atoms with Crippen LogP contribution in [0.1, 0.15) is 53.7 Å². The normalized spacial score (nSPS) is 15.3. The number of carbonyl (C=O) groups is 3. The molecule has 1 atom stereocenters. The standard InChI is InChI=1S/C19H23N3O6S/c1-9(16(24)22-11-6-4-5-7-11)28-13(23)8-12-14-17(25)20-10(2)21-18(14)29-15(12)19(26)27-3/h9,11H,4-8H2,1-3H3,(H,22,24)(H,20,21,25)/t9-/m1/s1. The predicted molar refractivity (Wildman–Crippen MR) is 106 cm³/mol. The van der Waals surface area contributed by atoms with E-state index < -0.39 is 23.6 Å². The van der Waals surface area contributed by atoms with Crippen LogP contribution in [-0.2, 0) is 25.5 Å². The number of fused-ring (bicyclic) bond motifs is 1. The van der Waals surface area contributed by atoms with Crippen LogP contribution in [-0.4, -0.2) is 47.1 Å². The molecule has 0 radical (unpaired) electrons. The highest BCUT2D eigenvalue weighted by Crippen LogP contribution is 2.29. The maximum atomic E-state index is 12.5. The lowest BCUT2D eigenvalue weighted by atomic mass is 10.1. The zero-order valence-corrected chi connectivity index (χ0v) is 17.3. The molecule has 9 nitrogen and oxygen atoms in total. The van der Waals surface area contributed by atoms with Crippen molar-refractivity contribution in [3.63, 3.8) is 0 Å². The number of aryl methyl sites for hydroxylation is 1. The molecule has 0 bridgehead atoms. The number of methoxy groups -OCH3 is 1. The Kier molecular flexibility index (Phi) is 6.31. The topological polar surface area (TPSA) is 127 Å². The maximum Gasteiger partial charge on any atom is 0.348 e. The minimum atomic E-state index is -0.978. The third-order valence-electron chi connectivity index (χ3n) is 4.85. The van der Waals surface area contributed by atoms with E-state index in [2.05, 4.69) is 15.3 Å². The Bertz CT molecular complexity index is 1010. The van der Waals surface area contributed by atoms with E-state index in [0.29, 0.717) is 10.7 Å². The zero-order valence-electron chi connectivity index (χ0n) is 16.5. The van der Waals surface area contributed by atoms with Crippen molar-refractivity contribution in [3.8, 4) is 0 Å². The van der Waals surface area contributed by atoms with Gasteiger partial charge in [-0.05, 0) is 26.7 Å². The molecular weight excluding hydrogens is 398 g/mol. The van der Waals surface area contributed by atoms with Crippen molar-refractivity contribution < 1.29 is 23.9 Å². The van der Waals surface area contributed by atoms with Crippen LogP contribution >= 0.6 is 11.3 Å². The van der Waals surface area contributed by atoms with Crippen LogP contribution in [0.4, 0.5) is 0 Å². The van der Waals surface area contributed by atoms with E-state index in [9.17, 15) is 19.2 Å². The van der Waals surface area contributed by atoms with Crippen LogP contribution in [0.2, 0.25) is 0 Å². The molecule has 1 aliphatic carbocycles. The van der Waals surface area contributed by atoms with Crippen LogP contribution in [0.5, 0.6) is 0 Å². The lowest BCUT2D eigenvalue weighted by Crippen LogP contribution is -2.41. The van der Waals surface area contributed by atoms with E-state index >= 15 is 0 Å². The van der Waals surface area contributed by atoms with Crippen LogP contribution < -0.4 is 10.9 Å². The average Bonchev–Trinajstić information content (AvgIpc) is 3.28. The second-order valence-corrected chi connectivity index (χ2v) is 8.03. The van der Waals surface area contributed by atoms with Gasteiger partial charge in [-0.25, -0.2) is 9.78 Å². The molecule has 156 valence electrons. The molecule has 1 saturated carbocycles. The molecule has 0 aromatic carbocycles. The maximum absolute atomic E-state index is 12.5. The van der Waals surface area contributed by atoms with Gasteiger partial charge in [0.1, 0.15) is 15.5 Å². The fourth-order valence-electron chi connectivity index (χ4n) is 3.42. The third-order valence-corrected chi connectivity index (χ3v) is 5.96. The number of amides is 1. The van der Waals surface area contributed by atoms with Gasteiger partial charge < -0.3 is 19.8 Å². The Morgan fingerprint density at radius 3 is 2.66 bits per heavy atom. The highest BCUT2D eigenvalue weighted by atomic mass is 32.1. The molecule has 10 heteroatoms. The van der Waals surface area contributed by atoms with Gasteiger partial charge in [0, 0.05) is 11.6 Å². The van der Waals surface area contributed by atoms with Crippen LogP contribution in [0.15, 0.2) is 4.79 Å². The van der Waals surface area contributed by atoms with Crippen LogP contribution in [0, 0.1) is 6.92 Å². The van der Waals surface area contributed by atoms with Crippen molar-refractivity contribution in [2.24, 2.45) is 0 Å². The van der Waals surface area contributed by atoms with Crippen molar-refractivity contribution in [2.45, 2.75) is 58.1 Å². The monoisotopic (exact) mass is 421 g/mol. The minimum absolute atomic E-state index is 0.114. The molecule has 2 aromatic heterocycles. The number of hydrogen-bond donors (Lipinski definition) is 2. The van der Waals surface area contributed by atoms with Crippen molar-refractivity contribution >= 4 is 39.4 Å². The Morgan fingerprint density at radius 1 is 1.31 bits per heavy atom. The summed E-state index contributed by atoms with van der Waals surface area (Å²) in [6, 6.07) is 0.114. The lowest BCUT2D eigenvalue weighted by molar-refractivity contribution is -0.154. The summed E-state index contributed by atoms with van der Waals surface area (Å²) in [7, 11) is 1.22. The van der Waals surface area contributed by atoms with Gasteiger partial charge in [0.2, 0.25) is 0 Å². The quantitative estimate of drug-likeness (QED) is 0.678. The number of aromatic nitrogens is 2. The number of esters is 2. The van der Waals surface area contributed by atoms with Crippen molar-refractivity contribution in [2.75, 3.05) is 7.11 Å². The van der Waals surface area contributed by atoms with Gasteiger partial charge >= 0.3 is 11.9 Å². The van der Waals surface area contributed by atoms with Gasteiger partial charge in [-0.3, -0.25) is 14.4 Å². The Morgan fingerprint density at radius 2 is 2.00 bits per heavy atom. The molecule has 2 heterocycles. The summed E-state index contributed by atoms with van der Waals surface area (Å²) in [5.41, 5.74) is -0.257. The minimum Gasteiger partial charge on any atom is -0.465 e. The van der Waals surface area contributed by atoms with Crippen molar-refractivity contribution in [1.82, 2.24) is 15.3 Å². The summed E-state index contributed by atoms with van der Waals surface area (Å²) in [4.78, 5) is 56.5. The predicted octanol–water partition coefficient (Wildman–Crippen LogP) is 1.61. The van der Waals surface area contributed by atoms with E-state index in [1.807, 2.05) is 0 Å². The summed E-state index contributed by atoms with van der Waals surface area (Å²) in [6.07, 6.45) is 2.66. The van der Waals surface area contributed by atoms with E-state index in [0.717, 1.165) is 37.0 Å². The molecule has 29 heavy (non-hydrogen) atoms. The van der Waals surface area contributed by atoms with Gasteiger partial charge in [0.15, 0.2) is 6.10 Å². The summed E-state index contributed by atoms with van der Waals surface area (Å²) >= 11 is 0.981. The van der Waals surface area contributed by atoms with Gasteiger partial charge in [0.05, 0.1) is 18.9 Å². The smallest absolute Gasteiger partial charge is 0.348 e. The molecule has 0 unspecified atom stereocenters.